The average Bonchev–Trinajstić information content (AvgIpc) is 2.90. The number of likely N-dealkylation sites (tertiary alicyclic amines) is 1. The van der Waals surface area contributed by atoms with Gasteiger partial charge in [-0.2, -0.15) is 0 Å². The SMILES string of the molecule is Cc1ccccc1[C@H]1C[C@@H](C)N(C(=O)CC2CCNCC2)C1. The average molecular weight is 300 g/mol. The number of hydrogen-bond acceptors (Lipinski definition) is 2. The summed E-state index contributed by atoms with van der Waals surface area (Å²) in [4.78, 5) is 14.8. The Morgan fingerprint density at radius 1 is 1.27 bits per heavy atom. The number of nitrogens with zero attached hydrogens (tertiary/aromatic N) is 1. The Kier molecular flexibility index (Phi) is 4.82. The summed E-state index contributed by atoms with van der Waals surface area (Å²) in [6.45, 7) is 7.42. The van der Waals surface area contributed by atoms with E-state index in [1.165, 1.54) is 11.1 Å². The van der Waals surface area contributed by atoms with E-state index in [4.69, 9.17) is 0 Å². The Hall–Kier alpha value is -1.35. The lowest BCUT2D eigenvalue weighted by Crippen LogP contribution is -2.37. The van der Waals surface area contributed by atoms with E-state index in [0.717, 1.165) is 45.3 Å². The lowest BCUT2D eigenvalue weighted by Gasteiger charge is -2.27. The molecule has 120 valence electrons. The van der Waals surface area contributed by atoms with Crippen LogP contribution in [-0.4, -0.2) is 36.5 Å². The van der Waals surface area contributed by atoms with Crippen LogP contribution in [0.4, 0.5) is 0 Å². The summed E-state index contributed by atoms with van der Waals surface area (Å²) in [6.07, 6.45) is 4.14. The third-order valence-corrected chi connectivity index (χ3v) is 5.45. The largest absolute Gasteiger partial charge is 0.339 e. The molecule has 0 unspecified atom stereocenters. The van der Waals surface area contributed by atoms with Gasteiger partial charge in [0.1, 0.15) is 0 Å². The van der Waals surface area contributed by atoms with Crippen LogP contribution in [0.1, 0.15) is 49.7 Å². The van der Waals surface area contributed by atoms with Crippen molar-refractivity contribution in [3.05, 3.63) is 35.4 Å². The van der Waals surface area contributed by atoms with Crippen molar-refractivity contribution in [1.29, 1.82) is 0 Å². The molecule has 0 aliphatic carbocycles. The summed E-state index contributed by atoms with van der Waals surface area (Å²) in [5.41, 5.74) is 2.78. The quantitative estimate of drug-likeness (QED) is 0.930. The van der Waals surface area contributed by atoms with Crippen molar-refractivity contribution in [1.82, 2.24) is 10.2 Å². The molecule has 0 aromatic heterocycles. The van der Waals surface area contributed by atoms with Crippen LogP contribution in [0.15, 0.2) is 24.3 Å². The van der Waals surface area contributed by atoms with E-state index >= 15 is 0 Å². The first-order chi connectivity index (χ1) is 10.6. The molecule has 3 heteroatoms. The summed E-state index contributed by atoms with van der Waals surface area (Å²) in [5, 5.41) is 3.38. The first-order valence-corrected chi connectivity index (χ1v) is 8.71. The zero-order chi connectivity index (χ0) is 15.5. The second kappa shape index (κ2) is 6.82. The van der Waals surface area contributed by atoms with Crippen molar-refractivity contribution in [2.45, 2.75) is 51.5 Å². The van der Waals surface area contributed by atoms with Crippen molar-refractivity contribution in [2.75, 3.05) is 19.6 Å². The predicted molar refractivity (Wildman–Crippen MR) is 89.9 cm³/mol. The Labute approximate surface area is 134 Å². The minimum atomic E-state index is 0.371. The fourth-order valence-corrected chi connectivity index (χ4v) is 4.10. The number of amides is 1. The van der Waals surface area contributed by atoms with E-state index in [2.05, 4.69) is 48.3 Å². The maximum atomic E-state index is 12.7. The van der Waals surface area contributed by atoms with Crippen LogP contribution in [-0.2, 0) is 4.79 Å². The van der Waals surface area contributed by atoms with Gasteiger partial charge in [-0.15, -0.1) is 0 Å². The van der Waals surface area contributed by atoms with E-state index in [-0.39, 0.29) is 0 Å². The minimum absolute atomic E-state index is 0.371. The van der Waals surface area contributed by atoms with E-state index in [1.54, 1.807) is 0 Å². The van der Waals surface area contributed by atoms with Gasteiger partial charge in [0.05, 0.1) is 0 Å². The number of benzene rings is 1. The smallest absolute Gasteiger partial charge is 0.223 e. The standard InChI is InChI=1S/C19H28N2O/c1-14-5-3-4-6-18(14)17-11-15(2)21(13-17)19(22)12-16-7-9-20-10-8-16/h3-6,15-17,20H,7-13H2,1-2H3/t15-,17+/m1/s1. The van der Waals surface area contributed by atoms with Gasteiger partial charge >= 0.3 is 0 Å². The number of nitrogens with one attached hydrogen (secondary N) is 1. The summed E-state index contributed by atoms with van der Waals surface area (Å²) in [7, 11) is 0. The minimum Gasteiger partial charge on any atom is -0.339 e. The van der Waals surface area contributed by atoms with E-state index in [1.807, 2.05) is 0 Å². The first-order valence-electron chi connectivity index (χ1n) is 8.71. The highest BCUT2D eigenvalue weighted by Gasteiger charge is 2.34. The van der Waals surface area contributed by atoms with E-state index in [9.17, 15) is 4.79 Å². The van der Waals surface area contributed by atoms with Crippen molar-refractivity contribution in [2.24, 2.45) is 5.92 Å². The van der Waals surface area contributed by atoms with Gasteiger partial charge < -0.3 is 10.2 Å². The highest BCUT2D eigenvalue weighted by molar-refractivity contribution is 5.77. The summed E-state index contributed by atoms with van der Waals surface area (Å²) in [5.74, 6) is 1.46. The number of aryl methyl sites for hydroxylation is 1. The van der Waals surface area contributed by atoms with Gasteiger partial charge in [-0.3, -0.25) is 4.79 Å². The second-order valence-corrected chi connectivity index (χ2v) is 7.08. The highest BCUT2D eigenvalue weighted by Crippen LogP contribution is 2.34. The number of rotatable bonds is 3. The van der Waals surface area contributed by atoms with Crippen molar-refractivity contribution >= 4 is 5.91 Å². The third-order valence-electron chi connectivity index (χ3n) is 5.45. The molecule has 3 rings (SSSR count). The molecule has 1 aromatic carbocycles. The van der Waals surface area contributed by atoms with Crippen LogP contribution in [0.25, 0.3) is 0 Å². The lowest BCUT2D eigenvalue weighted by molar-refractivity contribution is -0.132. The normalized spacial score (nSPS) is 26.4. The van der Waals surface area contributed by atoms with Crippen LogP contribution < -0.4 is 5.32 Å². The number of hydrogen-bond donors (Lipinski definition) is 1. The Morgan fingerprint density at radius 2 is 2.00 bits per heavy atom. The lowest BCUT2D eigenvalue weighted by atomic mass is 9.93. The molecule has 2 fully saturated rings. The molecular formula is C19H28N2O. The summed E-state index contributed by atoms with van der Waals surface area (Å²) in [6, 6.07) is 9.00. The Balaban J connectivity index is 1.63. The first kappa shape index (κ1) is 15.5. The molecule has 2 saturated heterocycles. The Bertz CT molecular complexity index is 522. The molecule has 0 bridgehead atoms. The fraction of sp³-hybridized carbons (Fsp3) is 0.632. The van der Waals surface area contributed by atoms with Gasteiger partial charge in [0, 0.05) is 24.9 Å². The van der Waals surface area contributed by atoms with Crippen LogP contribution in [0.3, 0.4) is 0 Å². The van der Waals surface area contributed by atoms with E-state index in [0.29, 0.717) is 23.8 Å². The predicted octanol–water partition coefficient (Wildman–Crippen LogP) is 3.09. The zero-order valence-corrected chi connectivity index (χ0v) is 13.8. The van der Waals surface area contributed by atoms with Crippen LogP contribution >= 0.6 is 0 Å². The van der Waals surface area contributed by atoms with Crippen LogP contribution in [0, 0.1) is 12.8 Å². The van der Waals surface area contributed by atoms with Gasteiger partial charge in [0.25, 0.3) is 0 Å². The highest BCUT2D eigenvalue weighted by atomic mass is 16.2. The molecule has 2 aliphatic rings. The van der Waals surface area contributed by atoms with Crippen molar-refractivity contribution in [3.8, 4) is 0 Å². The van der Waals surface area contributed by atoms with Crippen molar-refractivity contribution < 1.29 is 4.79 Å². The molecule has 0 saturated carbocycles. The van der Waals surface area contributed by atoms with Gasteiger partial charge in [-0.1, -0.05) is 24.3 Å². The van der Waals surface area contributed by atoms with Gasteiger partial charge in [0.15, 0.2) is 0 Å². The molecule has 22 heavy (non-hydrogen) atoms. The monoisotopic (exact) mass is 300 g/mol. The number of carbonyl (C=O) groups excluding carboxylic acids is 1. The molecule has 1 amide bonds. The van der Waals surface area contributed by atoms with Crippen molar-refractivity contribution in [3.63, 3.8) is 0 Å². The van der Waals surface area contributed by atoms with Crippen LogP contribution in [0.2, 0.25) is 0 Å². The molecule has 2 aliphatic heterocycles. The van der Waals surface area contributed by atoms with Gasteiger partial charge in [-0.25, -0.2) is 0 Å². The fourth-order valence-electron chi connectivity index (χ4n) is 4.10. The molecule has 3 nitrogen and oxygen atoms in total. The molecule has 1 N–H and O–H groups in total. The maximum Gasteiger partial charge on any atom is 0.223 e. The topological polar surface area (TPSA) is 32.3 Å². The summed E-state index contributed by atoms with van der Waals surface area (Å²) < 4.78 is 0. The molecule has 2 heterocycles. The zero-order valence-electron chi connectivity index (χ0n) is 13.8. The third kappa shape index (κ3) is 3.35. The molecule has 2 atom stereocenters. The molecular weight excluding hydrogens is 272 g/mol. The number of piperidine rings is 1. The second-order valence-electron chi connectivity index (χ2n) is 7.08. The van der Waals surface area contributed by atoms with Gasteiger partial charge in [-0.05, 0) is 63.2 Å². The molecule has 0 spiro atoms. The molecule has 0 radical (unpaired) electrons. The van der Waals surface area contributed by atoms with Crippen LogP contribution in [0.5, 0.6) is 0 Å². The summed E-state index contributed by atoms with van der Waals surface area (Å²) >= 11 is 0. The maximum absolute atomic E-state index is 12.7. The Morgan fingerprint density at radius 3 is 2.73 bits per heavy atom. The van der Waals surface area contributed by atoms with Gasteiger partial charge in [0.2, 0.25) is 5.91 Å². The molecule has 1 aromatic rings. The van der Waals surface area contributed by atoms with E-state index < -0.39 is 0 Å². The number of carbonyl (C=O) groups is 1.